The van der Waals surface area contributed by atoms with E-state index in [1.807, 2.05) is 6.92 Å². The molecule has 0 saturated heterocycles. The molecule has 14 heavy (non-hydrogen) atoms. The molecule has 1 aromatic rings. The van der Waals surface area contributed by atoms with Crippen molar-refractivity contribution in [1.29, 1.82) is 0 Å². The van der Waals surface area contributed by atoms with Gasteiger partial charge >= 0.3 is 29.6 Å². The van der Waals surface area contributed by atoms with Gasteiger partial charge in [-0.1, -0.05) is 0 Å². The van der Waals surface area contributed by atoms with Crippen LogP contribution in [0.5, 0.6) is 0 Å². The number of carboxylic acids is 1. The average Bonchev–Trinajstić information content (AvgIpc) is 1.99. The number of anilines is 1. The number of aryl methyl sites for hydroxylation is 2. The second-order valence-corrected chi connectivity index (χ2v) is 2.67. The quantitative estimate of drug-likeness (QED) is 0.511. The molecule has 0 saturated carbocycles. The monoisotopic (exact) mass is 203 g/mol. The molecule has 0 atom stereocenters. The number of nitrogens with zero attached hydrogens (tertiary/aromatic N) is 2. The van der Waals surface area contributed by atoms with Crippen molar-refractivity contribution in [2.75, 3.05) is 11.9 Å². The van der Waals surface area contributed by atoms with Crippen molar-refractivity contribution in [3.8, 4) is 0 Å². The van der Waals surface area contributed by atoms with Crippen molar-refractivity contribution >= 4 is 11.8 Å². The molecule has 1 heterocycles. The minimum Gasteiger partial charge on any atom is -0.548 e. The molecule has 0 aliphatic heterocycles. The molecule has 0 aliphatic carbocycles. The van der Waals surface area contributed by atoms with Crippen LogP contribution in [0, 0.1) is 13.8 Å². The summed E-state index contributed by atoms with van der Waals surface area (Å²) in [5, 5.41) is 12.7. The predicted molar refractivity (Wildman–Crippen MR) is 45.0 cm³/mol. The minimum absolute atomic E-state index is 0. The maximum Gasteiger partial charge on any atom is 1.00 e. The van der Waals surface area contributed by atoms with E-state index in [2.05, 4.69) is 15.3 Å². The zero-order valence-corrected chi connectivity index (χ0v) is 10.5. The van der Waals surface area contributed by atoms with Gasteiger partial charge in [-0.3, -0.25) is 0 Å². The Morgan fingerprint density at radius 3 is 2.64 bits per heavy atom. The van der Waals surface area contributed by atoms with E-state index in [-0.39, 0.29) is 36.1 Å². The molecule has 0 aliphatic rings. The number of nitrogens with one attached hydrogen (secondary N) is 1. The summed E-state index contributed by atoms with van der Waals surface area (Å²) in [4.78, 5) is 18.2. The Balaban J connectivity index is 0.00000169. The van der Waals surface area contributed by atoms with Gasteiger partial charge in [-0.05, 0) is 13.8 Å². The third-order valence-electron chi connectivity index (χ3n) is 1.38. The van der Waals surface area contributed by atoms with E-state index in [1.165, 1.54) is 0 Å². The van der Waals surface area contributed by atoms with Crippen LogP contribution in [0.2, 0.25) is 0 Å². The number of rotatable bonds is 3. The normalized spacial score (nSPS) is 9.00. The molecule has 1 N–H and O–H groups in total. The molecule has 0 fully saturated rings. The second-order valence-electron chi connectivity index (χ2n) is 2.67. The molecule has 5 nitrogen and oxygen atoms in total. The molecule has 0 unspecified atom stereocenters. The van der Waals surface area contributed by atoms with E-state index in [0.29, 0.717) is 11.6 Å². The van der Waals surface area contributed by atoms with Crippen molar-refractivity contribution in [2.45, 2.75) is 13.8 Å². The topological polar surface area (TPSA) is 77.9 Å². The molecule has 70 valence electrons. The standard InChI is InChI=1S/C8H11N3O2.Na/c1-5-3-7(9-4-8(12)13)11-6(2)10-5;/h3H,4H2,1-2H3,(H,12,13)(H,9,10,11);/q;+1/p-1. The molecule has 1 rings (SSSR count). The summed E-state index contributed by atoms with van der Waals surface area (Å²) in [5.41, 5.74) is 0.799. The van der Waals surface area contributed by atoms with Gasteiger partial charge in [-0.15, -0.1) is 0 Å². The van der Waals surface area contributed by atoms with Gasteiger partial charge in [0.05, 0.1) is 12.5 Å². The first-order valence-electron chi connectivity index (χ1n) is 3.84. The number of hydrogen-bond donors (Lipinski definition) is 1. The smallest absolute Gasteiger partial charge is 0.548 e. The van der Waals surface area contributed by atoms with Crippen LogP contribution in [-0.4, -0.2) is 22.5 Å². The molecule has 0 spiro atoms. The number of carbonyl (C=O) groups is 1. The van der Waals surface area contributed by atoms with E-state index in [1.54, 1.807) is 13.0 Å². The second kappa shape index (κ2) is 5.95. The maximum absolute atomic E-state index is 10.1. The zero-order chi connectivity index (χ0) is 9.84. The van der Waals surface area contributed by atoms with Gasteiger partial charge in [0.1, 0.15) is 11.6 Å². The van der Waals surface area contributed by atoms with Gasteiger partial charge in [-0.25, -0.2) is 9.97 Å². The molecule has 6 heteroatoms. The van der Waals surface area contributed by atoms with Crippen molar-refractivity contribution in [3.05, 3.63) is 17.6 Å². The molecule has 0 aromatic carbocycles. The van der Waals surface area contributed by atoms with Crippen LogP contribution in [0.1, 0.15) is 11.5 Å². The third-order valence-corrected chi connectivity index (χ3v) is 1.38. The van der Waals surface area contributed by atoms with Crippen LogP contribution in [0.4, 0.5) is 5.82 Å². The Hall–Kier alpha value is -0.650. The Kier molecular flexibility index (Phi) is 5.68. The van der Waals surface area contributed by atoms with Crippen LogP contribution in [0.15, 0.2) is 6.07 Å². The van der Waals surface area contributed by atoms with E-state index in [4.69, 9.17) is 0 Å². The van der Waals surface area contributed by atoms with Crippen molar-refractivity contribution in [3.63, 3.8) is 0 Å². The maximum atomic E-state index is 10.1. The van der Waals surface area contributed by atoms with Crippen LogP contribution < -0.4 is 40.0 Å². The summed E-state index contributed by atoms with van der Waals surface area (Å²) < 4.78 is 0. The first-order valence-corrected chi connectivity index (χ1v) is 3.84. The summed E-state index contributed by atoms with van der Waals surface area (Å²) in [5.74, 6) is -0.0380. The van der Waals surface area contributed by atoms with Crippen molar-refractivity contribution in [1.82, 2.24) is 9.97 Å². The molecule has 0 amide bonds. The SMILES string of the molecule is Cc1cc(NCC(=O)[O-])nc(C)n1.[Na+]. The summed E-state index contributed by atoms with van der Waals surface area (Å²) >= 11 is 0. The van der Waals surface area contributed by atoms with Gasteiger partial charge in [0.15, 0.2) is 0 Å². The van der Waals surface area contributed by atoms with E-state index < -0.39 is 5.97 Å². The van der Waals surface area contributed by atoms with Gasteiger partial charge in [0.25, 0.3) is 0 Å². The summed E-state index contributed by atoms with van der Waals surface area (Å²) in [6.07, 6.45) is 0. The van der Waals surface area contributed by atoms with Gasteiger partial charge in [0.2, 0.25) is 0 Å². The van der Waals surface area contributed by atoms with Crippen molar-refractivity contribution < 1.29 is 39.5 Å². The Morgan fingerprint density at radius 2 is 2.14 bits per heavy atom. The summed E-state index contributed by atoms with van der Waals surface area (Å²) in [6.45, 7) is 3.33. The van der Waals surface area contributed by atoms with Crippen LogP contribution in [0.3, 0.4) is 0 Å². The molecule has 0 bridgehead atoms. The minimum atomic E-state index is -1.16. The van der Waals surface area contributed by atoms with E-state index >= 15 is 0 Å². The summed E-state index contributed by atoms with van der Waals surface area (Å²) in [6, 6.07) is 1.68. The number of aromatic nitrogens is 2. The number of carbonyl (C=O) groups excluding carboxylic acids is 1. The number of hydrogen-bond acceptors (Lipinski definition) is 5. The third kappa shape index (κ3) is 4.55. The first kappa shape index (κ1) is 13.4. The van der Waals surface area contributed by atoms with Gasteiger partial charge in [0, 0.05) is 11.8 Å². The Bertz CT molecular complexity index is 310. The van der Waals surface area contributed by atoms with Gasteiger partial charge in [-0.2, -0.15) is 0 Å². The van der Waals surface area contributed by atoms with E-state index in [9.17, 15) is 9.90 Å². The predicted octanol–water partition coefficient (Wildman–Crippen LogP) is -3.74. The van der Waals surface area contributed by atoms with Crippen LogP contribution in [0.25, 0.3) is 0 Å². The van der Waals surface area contributed by atoms with Crippen LogP contribution >= 0.6 is 0 Å². The fourth-order valence-corrected chi connectivity index (χ4v) is 0.970. The number of aliphatic carboxylic acids is 1. The molecular weight excluding hydrogens is 193 g/mol. The fourth-order valence-electron chi connectivity index (χ4n) is 0.970. The Labute approximate surface area is 104 Å². The Morgan fingerprint density at radius 1 is 1.50 bits per heavy atom. The van der Waals surface area contributed by atoms with Crippen molar-refractivity contribution in [2.24, 2.45) is 0 Å². The fraction of sp³-hybridized carbons (Fsp3) is 0.375. The molecule has 0 radical (unpaired) electrons. The van der Waals surface area contributed by atoms with Crippen LogP contribution in [-0.2, 0) is 4.79 Å². The van der Waals surface area contributed by atoms with E-state index in [0.717, 1.165) is 5.69 Å². The molecular formula is C8H10N3NaO2. The largest absolute Gasteiger partial charge is 1.00 e. The molecule has 1 aromatic heterocycles. The zero-order valence-electron chi connectivity index (χ0n) is 8.50. The van der Waals surface area contributed by atoms with Gasteiger partial charge < -0.3 is 15.2 Å². The average molecular weight is 203 g/mol. The first-order chi connectivity index (χ1) is 6.08. The number of carboxylic acid groups (broad SMARTS) is 1. The summed E-state index contributed by atoms with van der Waals surface area (Å²) in [7, 11) is 0.